The third-order valence-electron chi connectivity index (χ3n) is 4.14. The van der Waals surface area contributed by atoms with Crippen molar-refractivity contribution in [3.8, 4) is 0 Å². The van der Waals surface area contributed by atoms with Crippen LogP contribution in [0, 0.1) is 5.92 Å². The number of amides is 2. The van der Waals surface area contributed by atoms with Crippen LogP contribution in [0.3, 0.4) is 0 Å². The molecule has 0 spiro atoms. The zero-order valence-corrected chi connectivity index (χ0v) is 16.3. The van der Waals surface area contributed by atoms with Gasteiger partial charge in [0.15, 0.2) is 5.96 Å². The van der Waals surface area contributed by atoms with Crippen molar-refractivity contribution in [2.45, 2.75) is 46.1 Å². The minimum Gasteiger partial charge on any atom is -0.357 e. The highest BCUT2D eigenvalue weighted by Crippen LogP contribution is 2.28. The predicted molar refractivity (Wildman–Crippen MR) is 109 cm³/mol. The molecular weight excluding hydrogens is 342 g/mol. The highest BCUT2D eigenvalue weighted by molar-refractivity contribution is 5.90. The molecule has 2 rings (SSSR count). The van der Waals surface area contributed by atoms with Gasteiger partial charge in [0.05, 0.1) is 6.54 Å². The van der Waals surface area contributed by atoms with Gasteiger partial charge in [-0.25, -0.2) is 4.99 Å². The van der Waals surface area contributed by atoms with Gasteiger partial charge in [0.1, 0.15) is 0 Å². The highest BCUT2D eigenvalue weighted by atomic mass is 16.2. The Morgan fingerprint density at radius 3 is 2.37 bits per heavy atom. The van der Waals surface area contributed by atoms with Crippen LogP contribution in [-0.4, -0.2) is 37.4 Å². The number of nitrogens with zero attached hydrogens (tertiary/aromatic N) is 1. The highest BCUT2D eigenvalue weighted by Gasteiger charge is 2.28. The molecule has 1 saturated carbocycles. The lowest BCUT2D eigenvalue weighted by Gasteiger charge is -2.12. The molecule has 7 nitrogen and oxygen atoms in total. The third kappa shape index (κ3) is 8.11. The number of hydrogen-bond acceptors (Lipinski definition) is 3. The summed E-state index contributed by atoms with van der Waals surface area (Å²) in [6.45, 7) is 6.52. The second-order valence-electron chi connectivity index (χ2n) is 6.68. The summed E-state index contributed by atoms with van der Waals surface area (Å²) in [5.41, 5.74) is 1.86. The molecule has 2 amide bonds. The molecule has 0 aromatic heterocycles. The van der Waals surface area contributed by atoms with Gasteiger partial charge in [-0.15, -0.1) is 0 Å². The Morgan fingerprint density at radius 1 is 1.04 bits per heavy atom. The average molecular weight is 374 g/mol. The summed E-state index contributed by atoms with van der Waals surface area (Å²) in [6, 6.07) is 7.72. The van der Waals surface area contributed by atoms with Crippen LogP contribution >= 0.6 is 0 Å². The van der Waals surface area contributed by atoms with Gasteiger partial charge < -0.3 is 21.3 Å². The Balaban J connectivity index is 1.76. The quantitative estimate of drug-likeness (QED) is 0.287. The van der Waals surface area contributed by atoms with Gasteiger partial charge in [-0.2, -0.15) is 0 Å². The number of carbonyl (C=O) groups excluding carboxylic acids is 2. The van der Waals surface area contributed by atoms with Crippen LogP contribution in [0.4, 0.5) is 5.69 Å². The van der Waals surface area contributed by atoms with E-state index in [9.17, 15) is 9.59 Å². The molecule has 0 aliphatic heterocycles. The first-order chi connectivity index (χ1) is 13.1. The first-order valence-electron chi connectivity index (χ1n) is 9.81. The number of benzene rings is 1. The number of aliphatic imine (C=N–C) groups is 1. The fourth-order valence-corrected chi connectivity index (χ4v) is 2.51. The first-order valence-corrected chi connectivity index (χ1v) is 9.81. The van der Waals surface area contributed by atoms with E-state index in [-0.39, 0.29) is 17.7 Å². The molecule has 1 aromatic rings. The lowest BCUT2D eigenvalue weighted by Crippen LogP contribution is -2.41. The monoisotopic (exact) mass is 373 g/mol. The van der Waals surface area contributed by atoms with Crippen molar-refractivity contribution < 1.29 is 9.59 Å². The van der Waals surface area contributed by atoms with Crippen LogP contribution in [0.15, 0.2) is 29.3 Å². The van der Waals surface area contributed by atoms with E-state index in [1.807, 2.05) is 38.1 Å². The van der Waals surface area contributed by atoms with E-state index in [1.165, 1.54) is 0 Å². The van der Waals surface area contributed by atoms with Crippen molar-refractivity contribution in [2.24, 2.45) is 10.9 Å². The largest absolute Gasteiger partial charge is 0.357 e. The van der Waals surface area contributed by atoms with Crippen LogP contribution in [0.5, 0.6) is 0 Å². The molecular formula is C20H31N5O2. The van der Waals surface area contributed by atoms with Gasteiger partial charge in [0.25, 0.3) is 0 Å². The summed E-state index contributed by atoms with van der Waals surface area (Å²) in [5, 5.41) is 12.2. The first kappa shape index (κ1) is 20.7. The van der Waals surface area contributed by atoms with E-state index in [0.29, 0.717) is 26.1 Å². The molecule has 0 heterocycles. The number of nitrogens with one attached hydrogen (secondary N) is 4. The molecule has 1 fully saturated rings. The predicted octanol–water partition coefficient (Wildman–Crippen LogP) is 2.01. The number of carbonyl (C=O) groups is 2. The summed E-state index contributed by atoms with van der Waals surface area (Å²) < 4.78 is 0. The summed E-state index contributed by atoms with van der Waals surface area (Å²) in [6.07, 6.45) is 3.41. The van der Waals surface area contributed by atoms with Crippen LogP contribution in [-0.2, 0) is 16.1 Å². The number of hydrogen-bond donors (Lipinski definition) is 4. The van der Waals surface area contributed by atoms with Crippen molar-refractivity contribution in [1.82, 2.24) is 16.0 Å². The molecule has 148 valence electrons. The maximum atomic E-state index is 11.6. The van der Waals surface area contributed by atoms with Gasteiger partial charge in [-0.1, -0.05) is 19.1 Å². The standard InChI is InChI=1S/C20H31N5O2/c1-3-5-18(26)25-17-10-6-15(7-11-17)14-24-20(21-4-2)23-13-12-22-19(27)16-8-9-16/h6-7,10-11,16H,3-5,8-9,12-14H2,1-2H3,(H,22,27)(H,25,26)(H2,21,23,24). The smallest absolute Gasteiger partial charge is 0.224 e. The Labute approximate surface area is 161 Å². The summed E-state index contributed by atoms with van der Waals surface area (Å²) in [4.78, 5) is 27.8. The molecule has 1 aliphatic rings. The van der Waals surface area contributed by atoms with Gasteiger partial charge in [0, 0.05) is 37.7 Å². The average Bonchev–Trinajstić information content (AvgIpc) is 3.49. The van der Waals surface area contributed by atoms with E-state index in [1.54, 1.807) is 0 Å². The number of rotatable bonds is 10. The molecule has 0 radical (unpaired) electrons. The van der Waals surface area contributed by atoms with E-state index < -0.39 is 0 Å². The Bertz CT molecular complexity index is 638. The fourth-order valence-electron chi connectivity index (χ4n) is 2.51. The van der Waals surface area contributed by atoms with Crippen LogP contribution < -0.4 is 21.3 Å². The molecule has 0 bridgehead atoms. The molecule has 7 heteroatoms. The Morgan fingerprint density at radius 2 is 1.74 bits per heavy atom. The van der Waals surface area contributed by atoms with Crippen LogP contribution in [0.1, 0.15) is 45.1 Å². The Hall–Kier alpha value is -2.57. The van der Waals surface area contributed by atoms with Crippen LogP contribution in [0.2, 0.25) is 0 Å². The van der Waals surface area contributed by atoms with Gasteiger partial charge in [0.2, 0.25) is 11.8 Å². The normalized spacial score (nSPS) is 13.8. The van der Waals surface area contributed by atoms with Crippen molar-refractivity contribution in [1.29, 1.82) is 0 Å². The number of anilines is 1. The minimum absolute atomic E-state index is 0.0377. The van der Waals surface area contributed by atoms with Gasteiger partial charge in [-0.3, -0.25) is 9.59 Å². The van der Waals surface area contributed by atoms with Crippen molar-refractivity contribution in [2.75, 3.05) is 25.0 Å². The molecule has 0 atom stereocenters. The fraction of sp³-hybridized carbons (Fsp3) is 0.550. The van der Waals surface area contributed by atoms with Gasteiger partial charge >= 0.3 is 0 Å². The molecule has 0 unspecified atom stereocenters. The molecule has 0 saturated heterocycles. The molecule has 1 aromatic carbocycles. The number of guanidine groups is 1. The van der Waals surface area contributed by atoms with E-state index in [2.05, 4.69) is 26.3 Å². The SMILES string of the molecule is CCCC(=O)Nc1ccc(CN=C(NCC)NCCNC(=O)C2CC2)cc1. The maximum absolute atomic E-state index is 11.6. The van der Waals surface area contributed by atoms with E-state index in [0.717, 1.165) is 43.0 Å². The zero-order valence-electron chi connectivity index (χ0n) is 16.3. The van der Waals surface area contributed by atoms with Crippen molar-refractivity contribution in [3.63, 3.8) is 0 Å². The third-order valence-corrected chi connectivity index (χ3v) is 4.14. The van der Waals surface area contributed by atoms with Crippen molar-refractivity contribution in [3.05, 3.63) is 29.8 Å². The van der Waals surface area contributed by atoms with Crippen LogP contribution in [0.25, 0.3) is 0 Å². The molecule has 1 aliphatic carbocycles. The lowest BCUT2D eigenvalue weighted by atomic mass is 10.2. The maximum Gasteiger partial charge on any atom is 0.224 e. The second-order valence-corrected chi connectivity index (χ2v) is 6.68. The van der Waals surface area contributed by atoms with Crippen molar-refractivity contribution >= 4 is 23.5 Å². The van der Waals surface area contributed by atoms with E-state index >= 15 is 0 Å². The summed E-state index contributed by atoms with van der Waals surface area (Å²) in [7, 11) is 0. The lowest BCUT2D eigenvalue weighted by molar-refractivity contribution is -0.122. The van der Waals surface area contributed by atoms with Gasteiger partial charge in [-0.05, 0) is 43.9 Å². The summed E-state index contributed by atoms with van der Waals surface area (Å²) in [5.74, 6) is 1.15. The van der Waals surface area contributed by atoms with E-state index in [4.69, 9.17) is 0 Å². The second kappa shape index (κ2) is 11.2. The summed E-state index contributed by atoms with van der Waals surface area (Å²) >= 11 is 0. The Kier molecular flexibility index (Phi) is 8.61. The minimum atomic E-state index is 0.0377. The zero-order chi connectivity index (χ0) is 19.5. The molecule has 27 heavy (non-hydrogen) atoms. The molecule has 4 N–H and O–H groups in total. The topological polar surface area (TPSA) is 94.6 Å².